The molecule has 1 amide bonds. The van der Waals surface area contributed by atoms with Gasteiger partial charge in [-0.25, -0.2) is 22.0 Å². The number of aromatic nitrogens is 2. The number of halogens is 5. The number of carbonyl (C=O) groups excluding carboxylic acids is 1. The predicted octanol–water partition coefficient (Wildman–Crippen LogP) is 4.03. The molecule has 9 nitrogen and oxygen atoms in total. The number of hydrogen-bond donors (Lipinski definition) is 1. The Morgan fingerprint density at radius 3 is 2.49 bits per heavy atom. The van der Waals surface area contributed by atoms with Gasteiger partial charge in [0.15, 0.2) is 6.10 Å². The highest BCUT2D eigenvalue weighted by molar-refractivity contribution is 7.89. The maximum Gasteiger partial charge on any atom is 0.416 e. The number of ether oxygens (including phenoxy) is 2. The van der Waals surface area contributed by atoms with E-state index in [0.717, 1.165) is 22.3 Å². The van der Waals surface area contributed by atoms with E-state index in [4.69, 9.17) is 9.47 Å². The maximum atomic E-state index is 14.7. The van der Waals surface area contributed by atoms with E-state index < -0.39 is 69.4 Å². The summed E-state index contributed by atoms with van der Waals surface area (Å²) in [6.45, 7) is 6.05. The van der Waals surface area contributed by atoms with Crippen LogP contribution in [0.3, 0.4) is 0 Å². The van der Waals surface area contributed by atoms with Crippen molar-refractivity contribution in [3.8, 4) is 0 Å². The predicted molar refractivity (Wildman–Crippen MR) is 128 cm³/mol. The number of hydrogen-bond acceptors (Lipinski definition) is 7. The van der Waals surface area contributed by atoms with Crippen molar-refractivity contribution in [2.45, 2.75) is 83.3 Å². The molecule has 15 heteroatoms. The summed E-state index contributed by atoms with van der Waals surface area (Å²) in [6.07, 6.45) is -9.08. The molecule has 0 radical (unpaired) electrons. The first-order valence-electron chi connectivity index (χ1n) is 12.2. The number of nitrogens with zero attached hydrogens (tertiary/aromatic N) is 3. The lowest BCUT2D eigenvalue weighted by Gasteiger charge is -2.45. The summed E-state index contributed by atoms with van der Waals surface area (Å²) in [7, 11) is -3.68. The van der Waals surface area contributed by atoms with E-state index in [0.29, 0.717) is 11.3 Å². The Bertz CT molecular complexity index is 1320. The quantitative estimate of drug-likeness (QED) is 0.533. The third-order valence-electron chi connectivity index (χ3n) is 6.49. The molecule has 1 N–H and O–H groups in total. The van der Waals surface area contributed by atoms with Gasteiger partial charge in [0.2, 0.25) is 0 Å². The molecular formula is C24H29F5N4O5S. The molecule has 0 unspecified atom stereocenters. The van der Waals surface area contributed by atoms with Gasteiger partial charge >= 0.3 is 12.3 Å². The van der Waals surface area contributed by atoms with Crippen molar-refractivity contribution in [2.24, 2.45) is 0 Å². The number of alkyl carbamates (subject to hydrolysis) is 1. The molecule has 1 fully saturated rings. The van der Waals surface area contributed by atoms with Crippen molar-refractivity contribution in [1.29, 1.82) is 0 Å². The number of benzene rings is 1. The fraction of sp³-hybridized carbons (Fsp3) is 0.583. The Morgan fingerprint density at radius 1 is 1.21 bits per heavy atom. The van der Waals surface area contributed by atoms with Gasteiger partial charge in [-0.05, 0) is 52.3 Å². The van der Waals surface area contributed by atoms with Crippen LogP contribution in [0.25, 0.3) is 0 Å². The Morgan fingerprint density at radius 2 is 1.90 bits per heavy atom. The van der Waals surface area contributed by atoms with Crippen LogP contribution in [-0.2, 0) is 32.6 Å². The van der Waals surface area contributed by atoms with E-state index >= 15 is 0 Å². The van der Waals surface area contributed by atoms with Crippen LogP contribution in [0.15, 0.2) is 24.4 Å². The van der Waals surface area contributed by atoms with Crippen LogP contribution < -0.4 is 5.32 Å². The molecule has 4 atom stereocenters. The third-order valence-corrected chi connectivity index (χ3v) is 7.98. The van der Waals surface area contributed by atoms with Crippen LogP contribution in [0.2, 0.25) is 0 Å². The SMILES string of the molecule is CCS(=O)(=O)n1cc2c(n1)CN([C@@H]1C[C@H](NC(=O)OC(C)(C)C)[C@@H](c3cc(F)ccc3F)O[C@@H]1C(F)(F)F)C2. The highest BCUT2D eigenvalue weighted by Gasteiger charge is 2.55. The topological polar surface area (TPSA) is 103 Å². The molecule has 0 spiro atoms. The van der Waals surface area contributed by atoms with Gasteiger partial charge < -0.3 is 14.8 Å². The molecule has 1 saturated heterocycles. The van der Waals surface area contributed by atoms with Crippen molar-refractivity contribution >= 4 is 16.1 Å². The number of rotatable bonds is 5. The summed E-state index contributed by atoms with van der Waals surface area (Å²) < 4.78 is 107. The standard InChI is InChI=1S/C24H29F5N4O5S/c1-5-39(35,36)33-11-13-10-32(12-18(13)31-33)19-9-17(30-22(34)38-23(2,3)4)20(37-21(19)24(27,28)29)15-8-14(25)6-7-16(15)26/h6-8,11,17,19-21H,5,9-10,12H2,1-4H3,(H,30,34)/t17-,19+,20+,21-/m0/s1. The fourth-order valence-electron chi connectivity index (χ4n) is 4.76. The molecule has 4 rings (SSSR count). The first-order chi connectivity index (χ1) is 18.0. The van der Waals surface area contributed by atoms with Crippen molar-refractivity contribution in [3.05, 3.63) is 52.9 Å². The Balaban J connectivity index is 1.67. The largest absolute Gasteiger partial charge is 0.444 e. The first kappa shape index (κ1) is 29.2. The molecule has 0 aliphatic carbocycles. The van der Waals surface area contributed by atoms with E-state index in [9.17, 15) is 35.2 Å². The van der Waals surface area contributed by atoms with Crippen molar-refractivity contribution < 1.29 is 44.6 Å². The molecule has 2 aliphatic heterocycles. The first-order valence-corrected chi connectivity index (χ1v) is 13.8. The Hall–Kier alpha value is -2.78. The number of carbonyl (C=O) groups is 1. The highest BCUT2D eigenvalue weighted by atomic mass is 32.2. The number of amides is 1. The maximum absolute atomic E-state index is 14.7. The van der Waals surface area contributed by atoms with Crippen LogP contribution in [0.1, 0.15) is 57.0 Å². The number of alkyl halides is 3. The minimum Gasteiger partial charge on any atom is -0.444 e. The zero-order valence-corrected chi connectivity index (χ0v) is 22.4. The molecule has 3 heterocycles. The highest BCUT2D eigenvalue weighted by Crippen LogP contribution is 2.43. The van der Waals surface area contributed by atoms with Crippen LogP contribution in [-0.4, -0.2) is 64.3 Å². The molecule has 0 bridgehead atoms. The van der Waals surface area contributed by atoms with Crippen LogP contribution in [0.5, 0.6) is 0 Å². The van der Waals surface area contributed by atoms with Gasteiger partial charge in [0.05, 0.1) is 17.5 Å². The van der Waals surface area contributed by atoms with Gasteiger partial charge in [0.1, 0.15) is 23.3 Å². The van der Waals surface area contributed by atoms with Gasteiger partial charge in [-0.1, -0.05) is 0 Å². The summed E-state index contributed by atoms with van der Waals surface area (Å²) in [4.78, 5) is 14.0. The van der Waals surface area contributed by atoms with Gasteiger partial charge in [-0.2, -0.15) is 22.4 Å². The van der Waals surface area contributed by atoms with E-state index in [1.165, 1.54) is 18.0 Å². The molecule has 2 aromatic rings. The number of nitrogens with one attached hydrogen (secondary N) is 1. The lowest BCUT2D eigenvalue weighted by atomic mass is 9.88. The summed E-state index contributed by atoms with van der Waals surface area (Å²) in [5, 5.41) is 6.52. The van der Waals surface area contributed by atoms with Crippen molar-refractivity contribution in [2.75, 3.05) is 5.75 Å². The summed E-state index contributed by atoms with van der Waals surface area (Å²) in [5.41, 5.74) is -0.685. The molecular weight excluding hydrogens is 551 g/mol. The minimum atomic E-state index is -4.91. The lowest BCUT2D eigenvalue weighted by Crippen LogP contribution is -2.59. The Kier molecular flexibility index (Phi) is 7.73. The average Bonchev–Trinajstić information content (AvgIpc) is 3.38. The van der Waals surface area contributed by atoms with Crippen LogP contribution in [0, 0.1) is 11.6 Å². The fourth-order valence-corrected chi connectivity index (χ4v) is 5.54. The van der Waals surface area contributed by atoms with Crippen LogP contribution >= 0.6 is 0 Å². The van der Waals surface area contributed by atoms with E-state index in [-0.39, 0.29) is 25.3 Å². The van der Waals surface area contributed by atoms with Gasteiger partial charge in [-0.3, -0.25) is 4.90 Å². The summed E-state index contributed by atoms with van der Waals surface area (Å²) in [5.74, 6) is -2.09. The molecule has 39 heavy (non-hydrogen) atoms. The molecule has 1 aromatic heterocycles. The summed E-state index contributed by atoms with van der Waals surface area (Å²) >= 11 is 0. The Labute approximate surface area is 222 Å². The molecule has 0 saturated carbocycles. The second-order valence-corrected chi connectivity index (χ2v) is 12.6. The smallest absolute Gasteiger partial charge is 0.416 e. The van der Waals surface area contributed by atoms with E-state index in [1.54, 1.807) is 20.8 Å². The van der Waals surface area contributed by atoms with E-state index in [2.05, 4.69) is 10.4 Å². The van der Waals surface area contributed by atoms with Crippen molar-refractivity contribution in [1.82, 2.24) is 19.4 Å². The van der Waals surface area contributed by atoms with Gasteiger partial charge in [0.25, 0.3) is 10.0 Å². The normalized spacial score (nSPS) is 24.4. The summed E-state index contributed by atoms with van der Waals surface area (Å²) in [6, 6.07) is -0.270. The lowest BCUT2D eigenvalue weighted by molar-refractivity contribution is -0.270. The molecule has 216 valence electrons. The molecule has 1 aromatic carbocycles. The van der Waals surface area contributed by atoms with Gasteiger partial charge in [0, 0.05) is 36.5 Å². The zero-order valence-electron chi connectivity index (χ0n) is 21.6. The minimum absolute atomic E-state index is 0.0622. The third kappa shape index (κ3) is 6.35. The van der Waals surface area contributed by atoms with Gasteiger partial charge in [-0.15, -0.1) is 0 Å². The molecule has 2 aliphatic rings. The second kappa shape index (κ2) is 10.3. The average molecular weight is 581 g/mol. The van der Waals surface area contributed by atoms with E-state index in [1.807, 2.05) is 0 Å². The van der Waals surface area contributed by atoms with Crippen LogP contribution in [0.4, 0.5) is 26.7 Å². The zero-order chi connectivity index (χ0) is 28.9. The van der Waals surface area contributed by atoms with Crippen molar-refractivity contribution in [3.63, 3.8) is 0 Å². The monoisotopic (exact) mass is 580 g/mol. The number of fused-ring (bicyclic) bond motifs is 1. The second-order valence-electron chi connectivity index (χ2n) is 10.5.